The first-order chi connectivity index (χ1) is 21.8. The van der Waals surface area contributed by atoms with E-state index in [0.717, 1.165) is 0 Å². The van der Waals surface area contributed by atoms with Gasteiger partial charge in [0.15, 0.2) is 0 Å². The van der Waals surface area contributed by atoms with E-state index in [1.54, 1.807) is 15.3 Å². The zero-order chi connectivity index (χ0) is 30.7. The summed E-state index contributed by atoms with van der Waals surface area (Å²) >= 11 is 7.92. The minimum absolute atomic E-state index is 1.21. The van der Waals surface area contributed by atoms with Crippen LogP contribution in [0.5, 0.6) is 0 Å². The van der Waals surface area contributed by atoms with Gasteiger partial charge in [0.1, 0.15) is 0 Å². The molecule has 0 amide bonds. The Balaban J connectivity index is 1.39. The van der Waals surface area contributed by atoms with Gasteiger partial charge in [0, 0.05) is 30.6 Å². The lowest BCUT2D eigenvalue weighted by Crippen LogP contribution is -1.88. The van der Waals surface area contributed by atoms with Gasteiger partial charge in [-0.3, -0.25) is 0 Å². The molecule has 0 nitrogen and oxygen atoms in total. The molecule has 0 aliphatic rings. The SMILES string of the molecule is CCCCCCCCCCCCc1ccsc1-c1sc(CCCCCCCCCCCC)c(-c2cccs2)c1-c1cccs1. The Bertz CT molecular complexity index is 1240. The highest BCUT2D eigenvalue weighted by Crippen LogP contribution is 2.52. The molecule has 0 bridgehead atoms. The summed E-state index contributed by atoms with van der Waals surface area (Å²) in [6.45, 7) is 4.61. The van der Waals surface area contributed by atoms with Crippen LogP contribution in [0.3, 0.4) is 0 Å². The largest absolute Gasteiger partial charge is 0.144 e. The molecular formula is C40H58S4. The van der Waals surface area contributed by atoms with Crippen molar-refractivity contribution in [1.29, 1.82) is 0 Å². The van der Waals surface area contributed by atoms with Gasteiger partial charge in [0.2, 0.25) is 0 Å². The number of hydrogen-bond donors (Lipinski definition) is 0. The van der Waals surface area contributed by atoms with E-state index in [2.05, 4.69) is 71.7 Å². The third-order valence-corrected chi connectivity index (χ3v) is 13.2. The van der Waals surface area contributed by atoms with E-state index in [0.29, 0.717) is 0 Å². The summed E-state index contributed by atoms with van der Waals surface area (Å²) in [5, 5.41) is 6.87. The molecule has 0 fully saturated rings. The Morgan fingerprint density at radius 1 is 0.432 bits per heavy atom. The normalized spacial score (nSPS) is 11.6. The fraction of sp³-hybridized carbons (Fsp3) is 0.600. The van der Waals surface area contributed by atoms with Crippen molar-refractivity contribution in [1.82, 2.24) is 0 Å². The summed E-state index contributed by atoms with van der Waals surface area (Å²) in [6.07, 6.45) is 30.4. The number of aryl methyl sites for hydroxylation is 2. The molecule has 0 aromatic carbocycles. The third-order valence-electron chi connectivity index (χ3n) is 9.03. The van der Waals surface area contributed by atoms with Crippen LogP contribution in [0, 0.1) is 0 Å². The molecule has 0 aliphatic carbocycles. The quantitative estimate of drug-likeness (QED) is 0.0618. The highest BCUT2D eigenvalue weighted by molar-refractivity contribution is 7.23. The van der Waals surface area contributed by atoms with E-state index >= 15 is 0 Å². The number of unbranched alkanes of at least 4 members (excludes halogenated alkanes) is 18. The summed E-state index contributed by atoms with van der Waals surface area (Å²) < 4.78 is 0. The second kappa shape index (κ2) is 21.6. The fourth-order valence-electron chi connectivity index (χ4n) is 6.46. The average molecular weight is 667 g/mol. The Labute approximate surface area is 286 Å². The van der Waals surface area contributed by atoms with Crippen LogP contribution in [-0.4, -0.2) is 0 Å². The second-order valence-electron chi connectivity index (χ2n) is 12.7. The van der Waals surface area contributed by atoms with E-state index in [1.165, 1.54) is 167 Å². The Kier molecular flexibility index (Phi) is 17.5. The van der Waals surface area contributed by atoms with E-state index in [-0.39, 0.29) is 0 Å². The van der Waals surface area contributed by atoms with E-state index in [9.17, 15) is 0 Å². The topological polar surface area (TPSA) is 0 Å². The minimum Gasteiger partial charge on any atom is -0.144 e. The number of rotatable bonds is 25. The van der Waals surface area contributed by atoms with Crippen LogP contribution in [0.1, 0.15) is 153 Å². The van der Waals surface area contributed by atoms with Gasteiger partial charge in [-0.2, -0.15) is 0 Å². The molecule has 44 heavy (non-hydrogen) atoms. The molecule has 0 spiro atoms. The lowest BCUT2D eigenvalue weighted by molar-refractivity contribution is 0.556. The standard InChI is InChI=1S/C40H58S4/c1-3-5-7-9-11-13-15-17-19-21-25-33-29-32-43-39(33)40-38(35-28-24-31-42-35)37(34-27-23-30-41-34)36(44-40)26-22-20-18-16-14-12-10-8-6-4-2/h23-24,27-32H,3-22,25-26H2,1-2H3. The second-order valence-corrected chi connectivity index (χ2v) is 16.6. The predicted molar refractivity (Wildman–Crippen MR) is 205 cm³/mol. The average Bonchev–Trinajstić information content (AvgIpc) is 3.86. The summed E-state index contributed by atoms with van der Waals surface area (Å²) in [4.78, 5) is 7.58. The highest BCUT2D eigenvalue weighted by Gasteiger charge is 2.25. The summed E-state index contributed by atoms with van der Waals surface area (Å²) in [7, 11) is 0. The van der Waals surface area contributed by atoms with Crippen LogP contribution in [0.2, 0.25) is 0 Å². The maximum atomic E-state index is 2.43. The molecule has 0 saturated carbocycles. The molecule has 4 heterocycles. The van der Waals surface area contributed by atoms with Gasteiger partial charge in [-0.15, -0.1) is 45.3 Å². The molecule has 0 saturated heterocycles. The van der Waals surface area contributed by atoms with E-state index in [1.807, 2.05) is 34.0 Å². The van der Waals surface area contributed by atoms with Gasteiger partial charge in [0.25, 0.3) is 0 Å². The maximum Gasteiger partial charge on any atom is 0.0541 e. The molecule has 4 rings (SSSR count). The zero-order valence-electron chi connectivity index (χ0n) is 27.8. The van der Waals surface area contributed by atoms with Crippen LogP contribution in [0.15, 0.2) is 46.5 Å². The van der Waals surface area contributed by atoms with Gasteiger partial charge >= 0.3 is 0 Å². The monoisotopic (exact) mass is 666 g/mol. The lowest BCUT2D eigenvalue weighted by Gasteiger charge is -2.08. The zero-order valence-corrected chi connectivity index (χ0v) is 31.1. The molecule has 242 valence electrons. The smallest absolute Gasteiger partial charge is 0.0541 e. The first kappa shape index (κ1) is 35.7. The first-order valence-electron chi connectivity index (χ1n) is 18.1. The highest BCUT2D eigenvalue weighted by atomic mass is 32.1. The summed E-state index contributed by atoms with van der Waals surface area (Å²) in [5.74, 6) is 0. The molecule has 0 radical (unpaired) electrons. The van der Waals surface area contributed by atoms with Crippen LogP contribution in [0.25, 0.3) is 30.6 Å². The van der Waals surface area contributed by atoms with Crippen LogP contribution >= 0.6 is 45.3 Å². The Morgan fingerprint density at radius 3 is 1.41 bits per heavy atom. The fourth-order valence-corrected chi connectivity index (χ4v) is 10.7. The third kappa shape index (κ3) is 11.6. The number of hydrogen-bond acceptors (Lipinski definition) is 4. The predicted octanol–water partition coefficient (Wildman–Crippen LogP) is 15.9. The van der Waals surface area contributed by atoms with Crippen LogP contribution in [-0.2, 0) is 12.8 Å². The van der Waals surface area contributed by atoms with Crippen molar-refractivity contribution in [2.75, 3.05) is 0 Å². The summed E-state index contributed by atoms with van der Waals surface area (Å²) in [5.41, 5.74) is 4.63. The van der Waals surface area contributed by atoms with Crippen molar-refractivity contribution in [2.24, 2.45) is 0 Å². The van der Waals surface area contributed by atoms with Crippen LogP contribution < -0.4 is 0 Å². The molecule has 0 atom stereocenters. The molecule has 4 heteroatoms. The van der Waals surface area contributed by atoms with Gasteiger partial charge in [0.05, 0.1) is 4.88 Å². The maximum absolute atomic E-state index is 2.43. The van der Waals surface area contributed by atoms with Crippen molar-refractivity contribution in [3.05, 3.63) is 56.9 Å². The van der Waals surface area contributed by atoms with Crippen molar-refractivity contribution < 1.29 is 0 Å². The summed E-state index contributed by atoms with van der Waals surface area (Å²) in [6, 6.07) is 11.6. The molecule has 0 N–H and O–H groups in total. The van der Waals surface area contributed by atoms with Gasteiger partial charge < -0.3 is 0 Å². The van der Waals surface area contributed by atoms with Gasteiger partial charge in [-0.25, -0.2) is 0 Å². The van der Waals surface area contributed by atoms with Gasteiger partial charge in [-0.05, 0) is 65.6 Å². The molecule has 4 aromatic rings. The molecule has 0 unspecified atom stereocenters. The van der Waals surface area contributed by atoms with Crippen molar-refractivity contribution in [3.63, 3.8) is 0 Å². The van der Waals surface area contributed by atoms with Gasteiger partial charge in [-0.1, -0.05) is 142 Å². The van der Waals surface area contributed by atoms with E-state index < -0.39 is 0 Å². The minimum atomic E-state index is 1.21. The van der Waals surface area contributed by atoms with E-state index in [4.69, 9.17) is 0 Å². The van der Waals surface area contributed by atoms with Crippen LogP contribution in [0.4, 0.5) is 0 Å². The Morgan fingerprint density at radius 2 is 0.909 bits per heavy atom. The Hall–Kier alpha value is -1.20. The molecule has 0 aliphatic heterocycles. The first-order valence-corrected chi connectivity index (χ1v) is 21.6. The number of thiophene rings is 4. The molecule has 4 aromatic heterocycles. The van der Waals surface area contributed by atoms with Crippen molar-refractivity contribution >= 4 is 45.3 Å². The molecular weight excluding hydrogens is 609 g/mol. The van der Waals surface area contributed by atoms with Crippen molar-refractivity contribution in [2.45, 2.75) is 155 Å². The lowest BCUT2D eigenvalue weighted by atomic mass is 9.99. The van der Waals surface area contributed by atoms with Crippen molar-refractivity contribution in [3.8, 4) is 30.6 Å².